The minimum atomic E-state index is -4.64. The number of aliphatic hydroxyl groups is 1. The molecule has 4 heterocycles. The van der Waals surface area contributed by atoms with Crippen LogP contribution in [0.1, 0.15) is 43.0 Å². The SMILES string of the molecule is CCn1cc(-c2cnc3[nH]cc(C(=O)O)c3n2)cn1.N[C@@H](C(=O)N1CCC(O)(C(F)(F)F)CC1)C1CC1. The number of carboxylic acids is 1. The molecule has 3 aromatic rings. The van der Waals surface area contributed by atoms with Crippen LogP contribution in [-0.4, -0.2) is 82.6 Å². The number of fused-ring (bicyclic) bond motifs is 1. The Hall–Kier alpha value is -3.52. The highest BCUT2D eigenvalue weighted by Gasteiger charge is 2.55. The Labute approximate surface area is 209 Å². The summed E-state index contributed by atoms with van der Waals surface area (Å²) in [4.78, 5) is 35.6. The first-order valence-corrected chi connectivity index (χ1v) is 11.9. The summed E-state index contributed by atoms with van der Waals surface area (Å²) in [5.41, 5.74) is 5.43. The van der Waals surface area contributed by atoms with E-state index in [2.05, 4.69) is 20.1 Å². The van der Waals surface area contributed by atoms with E-state index in [1.165, 1.54) is 11.1 Å². The third-order valence-corrected chi connectivity index (χ3v) is 6.71. The van der Waals surface area contributed by atoms with E-state index in [1.807, 2.05) is 13.1 Å². The van der Waals surface area contributed by atoms with E-state index in [9.17, 15) is 27.9 Å². The van der Waals surface area contributed by atoms with Crippen molar-refractivity contribution in [3.05, 3.63) is 30.4 Å². The quantitative estimate of drug-likeness (QED) is 0.395. The molecule has 1 saturated heterocycles. The number of amides is 1. The predicted molar refractivity (Wildman–Crippen MR) is 125 cm³/mol. The monoisotopic (exact) mass is 523 g/mol. The molecule has 200 valence electrons. The van der Waals surface area contributed by atoms with Crippen LogP contribution in [0.15, 0.2) is 24.8 Å². The van der Waals surface area contributed by atoms with E-state index >= 15 is 0 Å². The van der Waals surface area contributed by atoms with Crippen LogP contribution >= 0.6 is 0 Å². The van der Waals surface area contributed by atoms with Crippen molar-refractivity contribution in [3.8, 4) is 11.3 Å². The number of carboxylic acid groups (broad SMARTS) is 1. The summed E-state index contributed by atoms with van der Waals surface area (Å²) in [6, 6.07) is -0.595. The van der Waals surface area contributed by atoms with E-state index in [0.717, 1.165) is 24.9 Å². The van der Waals surface area contributed by atoms with E-state index in [1.54, 1.807) is 17.1 Å². The first-order chi connectivity index (χ1) is 17.4. The third-order valence-electron chi connectivity index (χ3n) is 6.71. The number of nitrogens with two attached hydrogens (primary N) is 1. The van der Waals surface area contributed by atoms with Gasteiger partial charge in [-0.2, -0.15) is 18.3 Å². The van der Waals surface area contributed by atoms with Crippen molar-refractivity contribution in [1.29, 1.82) is 0 Å². The van der Waals surface area contributed by atoms with Crippen molar-refractivity contribution < 1.29 is 33.0 Å². The number of rotatable bonds is 5. The molecule has 0 aromatic carbocycles. The molecule has 1 atom stereocenters. The molecule has 3 aromatic heterocycles. The smallest absolute Gasteiger partial charge is 0.417 e. The second kappa shape index (κ2) is 10.1. The number of hydrogen-bond acceptors (Lipinski definition) is 7. The lowest BCUT2D eigenvalue weighted by Crippen LogP contribution is -2.56. The largest absolute Gasteiger partial charge is 0.478 e. The number of aryl methyl sites for hydroxylation is 1. The number of nitrogens with one attached hydrogen (secondary N) is 1. The zero-order chi connectivity index (χ0) is 27.0. The van der Waals surface area contributed by atoms with Gasteiger partial charge in [0, 0.05) is 50.4 Å². The average molecular weight is 524 g/mol. The van der Waals surface area contributed by atoms with Gasteiger partial charge in [0.2, 0.25) is 5.91 Å². The van der Waals surface area contributed by atoms with Crippen molar-refractivity contribution in [2.45, 2.75) is 57.0 Å². The van der Waals surface area contributed by atoms with Crippen molar-refractivity contribution in [1.82, 2.24) is 29.6 Å². The molecule has 5 N–H and O–H groups in total. The summed E-state index contributed by atoms with van der Waals surface area (Å²) in [5.74, 6) is -1.13. The van der Waals surface area contributed by atoms with Gasteiger partial charge in [-0.1, -0.05) is 0 Å². The minimum Gasteiger partial charge on any atom is -0.478 e. The van der Waals surface area contributed by atoms with E-state index in [0.29, 0.717) is 16.9 Å². The van der Waals surface area contributed by atoms with Gasteiger partial charge < -0.3 is 25.8 Å². The molecule has 0 bridgehead atoms. The molecule has 0 unspecified atom stereocenters. The minimum absolute atomic E-state index is 0.0880. The number of hydrogen-bond donors (Lipinski definition) is 4. The first kappa shape index (κ1) is 26.5. The molecule has 37 heavy (non-hydrogen) atoms. The van der Waals surface area contributed by atoms with Crippen LogP contribution < -0.4 is 5.73 Å². The number of alkyl halides is 3. The zero-order valence-corrected chi connectivity index (χ0v) is 20.1. The number of halogens is 3. The van der Waals surface area contributed by atoms with Crippen molar-refractivity contribution >= 4 is 23.0 Å². The number of piperidine rings is 1. The lowest BCUT2D eigenvalue weighted by molar-refractivity contribution is -0.272. The third kappa shape index (κ3) is 5.59. The highest BCUT2D eigenvalue weighted by atomic mass is 19.4. The first-order valence-electron chi connectivity index (χ1n) is 11.9. The molecule has 2 fully saturated rings. The fourth-order valence-corrected chi connectivity index (χ4v) is 4.11. The Morgan fingerprint density at radius 2 is 1.95 bits per heavy atom. The maximum atomic E-state index is 12.6. The second-order valence-corrected chi connectivity index (χ2v) is 9.26. The Kier molecular flexibility index (Phi) is 7.24. The highest BCUT2D eigenvalue weighted by Crippen LogP contribution is 2.39. The summed E-state index contributed by atoms with van der Waals surface area (Å²) < 4.78 is 39.5. The molecule has 0 radical (unpaired) electrons. The Morgan fingerprint density at radius 1 is 1.27 bits per heavy atom. The summed E-state index contributed by atoms with van der Waals surface area (Å²) >= 11 is 0. The van der Waals surface area contributed by atoms with Crippen LogP contribution in [0.2, 0.25) is 0 Å². The second-order valence-electron chi connectivity index (χ2n) is 9.26. The van der Waals surface area contributed by atoms with Gasteiger partial charge in [-0.3, -0.25) is 9.48 Å². The number of carbonyl (C=O) groups is 2. The van der Waals surface area contributed by atoms with E-state index < -0.39 is 36.6 Å². The number of likely N-dealkylation sites (tertiary alicyclic amines) is 1. The fraction of sp³-hybridized carbons (Fsp3) is 0.522. The van der Waals surface area contributed by atoms with Gasteiger partial charge >= 0.3 is 12.1 Å². The maximum absolute atomic E-state index is 12.6. The molecule has 11 nitrogen and oxygen atoms in total. The Balaban J connectivity index is 0.000000173. The van der Waals surface area contributed by atoms with Crippen LogP contribution in [0.4, 0.5) is 13.2 Å². The van der Waals surface area contributed by atoms with Gasteiger partial charge in [0.05, 0.1) is 24.1 Å². The van der Waals surface area contributed by atoms with Crippen molar-refractivity contribution in [3.63, 3.8) is 0 Å². The molecule has 1 amide bonds. The molecule has 2 aliphatic rings. The molecule has 1 aliphatic carbocycles. The van der Waals surface area contributed by atoms with E-state index in [4.69, 9.17) is 10.8 Å². The van der Waals surface area contributed by atoms with Gasteiger partial charge in [-0.15, -0.1) is 0 Å². The number of aromatic carboxylic acids is 1. The number of aromatic nitrogens is 5. The van der Waals surface area contributed by atoms with Crippen LogP contribution in [0.3, 0.4) is 0 Å². The van der Waals surface area contributed by atoms with Crippen LogP contribution in [-0.2, 0) is 11.3 Å². The van der Waals surface area contributed by atoms with Crippen LogP contribution in [0.25, 0.3) is 22.4 Å². The lowest BCUT2D eigenvalue weighted by Gasteiger charge is -2.39. The maximum Gasteiger partial charge on any atom is 0.417 e. The number of aromatic amines is 1. The molecule has 0 spiro atoms. The molecule has 5 rings (SSSR count). The number of H-pyrrole nitrogens is 1. The molecule has 14 heteroatoms. The fourth-order valence-electron chi connectivity index (χ4n) is 4.11. The van der Waals surface area contributed by atoms with Gasteiger partial charge in [-0.05, 0) is 25.7 Å². The Morgan fingerprint density at radius 3 is 2.49 bits per heavy atom. The summed E-state index contributed by atoms with van der Waals surface area (Å²) in [6.45, 7) is 2.57. The van der Waals surface area contributed by atoms with Gasteiger partial charge in [0.1, 0.15) is 11.1 Å². The van der Waals surface area contributed by atoms with Crippen LogP contribution in [0.5, 0.6) is 0 Å². The molecular weight excluding hydrogens is 495 g/mol. The van der Waals surface area contributed by atoms with Gasteiger partial charge in [0.15, 0.2) is 11.2 Å². The number of nitrogens with zero attached hydrogens (tertiary/aromatic N) is 5. The molecule has 1 aliphatic heterocycles. The van der Waals surface area contributed by atoms with Gasteiger partial charge in [0.25, 0.3) is 0 Å². The lowest BCUT2D eigenvalue weighted by atomic mass is 9.90. The summed E-state index contributed by atoms with van der Waals surface area (Å²) in [5, 5.41) is 22.7. The topological polar surface area (TPSA) is 163 Å². The predicted octanol–water partition coefficient (Wildman–Crippen LogP) is 2.18. The van der Waals surface area contributed by atoms with Crippen molar-refractivity contribution in [2.24, 2.45) is 11.7 Å². The molecular formula is C23H28F3N7O4. The molecule has 1 saturated carbocycles. The van der Waals surface area contributed by atoms with Crippen molar-refractivity contribution in [2.75, 3.05) is 13.1 Å². The summed E-state index contributed by atoms with van der Waals surface area (Å²) in [7, 11) is 0. The van der Waals surface area contributed by atoms with Gasteiger partial charge in [-0.25, -0.2) is 14.8 Å². The normalized spacial score (nSPS) is 18.3. The highest BCUT2D eigenvalue weighted by molar-refractivity contribution is 6.00. The summed E-state index contributed by atoms with van der Waals surface area (Å²) in [6.07, 6.45) is 2.77. The van der Waals surface area contributed by atoms with E-state index in [-0.39, 0.29) is 30.5 Å². The number of carbonyl (C=O) groups excluding carboxylic acids is 1. The Bertz CT molecular complexity index is 1280. The standard InChI is InChI=1S/C12H11N5O2.C11H17F3N2O2/c1-2-17-6-7(3-15-17)9-5-14-11-10(16-9)8(4-13-11)12(18)19;12-11(13,14)10(18)3-5-16(6-4-10)9(17)8(15)7-1-2-7/h3-6H,2H2,1H3,(H,13,14)(H,18,19);7-8,18H,1-6,15H2/t;8-/m.1/s1. The average Bonchev–Trinajstić information content (AvgIpc) is 3.44. The van der Waals surface area contributed by atoms with Crippen LogP contribution in [0, 0.1) is 5.92 Å². The zero-order valence-electron chi connectivity index (χ0n) is 20.1.